The van der Waals surface area contributed by atoms with E-state index in [1.807, 2.05) is 4.68 Å². The van der Waals surface area contributed by atoms with Gasteiger partial charge in [0.05, 0.1) is 23.0 Å². The zero-order valence-corrected chi connectivity index (χ0v) is 13.4. The number of aromatic nitrogens is 2. The standard InChI is InChI=1S/C15H27ClN4/c1-11(2)20-15(13(16)10-18-20)14(19-17)12-8-6-4-3-5-7-9-12/h10-12,14,19H,3-9,17H2,1-2H3. The topological polar surface area (TPSA) is 55.9 Å². The first kappa shape index (κ1) is 15.8. The molecule has 1 atom stereocenters. The Hall–Kier alpha value is -0.580. The molecule has 1 saturated carbocycles. The van der Waals surface area contributed by atoms with Crippen LogP contribution in [0.3, 0.4) is 0 Å². The Morgan fingerprint density at radius 1 is 1.25 bits per heavy atom. The van der Waals surface area contributed by atoms with Crippen molar-refractivity contribution in [2.45, 2.75) is 70.9 Å². The predicted octanol–water partition coefficient (Wildman–Crippen LogP) is 3.98. The van der Waals surface area contributed by atoms with Crippen LogP contribution in [0.1, 0.15) is 76.6 Å². The molecule has 0 aliphatic heterocycles. The largest absolute Gasteiger partial charge is 0.271 e. The van der Waals surface area contributed by atoms with E-state index >= 15 is 0 Å². The van der Waals surface area contributed by atoms with E-state index in [4.69, 9.17) is 17.4 Å². The molecular weight excluding hydrogens is 272 g/mol. The van der Waals surface area contributed by atoms with Crippen LogP contribution in [0.25, 0.3) is 0 Å². The van der Waals surface area contributed by atoms with Crippen molar-refractivity contribution >= 4 is 11.6 Å². The van der Waals surface area contributed by atoms with Crippen molar-refractivity contribution in [2.75, 3.05) is 0 Å². The second-order valence-electron chi connectivity index (χ2n) is 6.17. The number of halogens is 1. The molecule has 0 amide bonds. The average Bonchev–Trinajstić information content (AvgIpc) is 2.75. The number of rotatable bonds is 4. The Bertz CT molecular complexity index is 408. The SMILES string of the molecule is CC(C)n1ncc(Cl)c1C(NN)C1CCCCCCC1. The third-order valence-corrected chi connectivity index (χ3v) is 4.66. The van der Waals surface area contributed by atoms with Gasteiger partial charge >= 0.3 is 0 Å². The highest BCUT2D eigenvalue weighted by Gasteiger charge is 2.28. The Kier molecular flexibility index (Phi) is 5.87. The number of nitrogens with zero attached hydrogens (tertiary/aromatic N) is 2. The van der Waals surface area contributed by atoms with Gasteiger partial charge in [0.25, 0.3) is 0 Å². The minimum Gasteiger partial charge on any atom is -0.271 e. The Morgan fingerprint density at radius 2 is 1.85 bits per heavy atom. The first-order valence-corrected chi connectivity index (χ1v) is 8.22. The van der Waals surface area contributed by atoms with Crippen molar-refractivity contribution in [1.29, 1.82) is 0 Å². The first-order chi connectivity index (χ1) is 9.65. The smallest absolute Gasteiger partial charge is 0.0834 e. The Labute approximate surface area is 127 Å². The number of nitrogens with two attached hydrogens (primary N) is 1. The molecule has 0 radical (unpaired) electrons. The molecule has 5 heteroatoms. The van der Waals surface area contributed by atoms with Crippen LogP contribution in [-0.4, -0.2) is 9.78 Å². The van der Waals surface area contributed by atoms with Crippen LogP contribution in [0.15, 0.2) is 6.20 Å². The van der Waals surface area contributed by atoms with Crippen LogP contribution >= 0.6 is 11.6 Å². The third-order valence-electron chi connectivity index (χ3n) is 4.37. The van der Waals surface area contributed by atoms with Gasteiger partial charge in [-0.15, -0.1) is 0 Å². The van der Waals surface area contributed by atoms with Gasteiger partial charge in [-0.3, -0.25) is 16.0 Å². The van der Waals surface area contributed by atoms with Gasteiger partial charge in [0, 0.05) is 6.04 Å². The van der Waals surface area contributed by atoms with Gasteiger partial charge in [0.15, 0.2) is 0 Å². The fourth-order valence-electron chi connectivity index (χ4n) is 3.31. The molecule has 0 bridgehead atoms. The van der Waals surface area contributed by atoms with Crippen molar-refractivity contribution in [1.82, 2.24) is 15.2 Å². The highest BCUT2D eigenvalue weighted by Crippen LogP contribution is 2.36. The van der Waals surface area contributed by atoms with Crippen LogP contribution in [0.5, 0.6) is 0 Å². The molecule has 2 rings (SSSR count). The second-order valence-corrected chi connectivity index (χ2v) is 6.57. The Balaban J connectivity index is 2.24. The fraction of sp³-hybridized carbons (Fsp3) is 0.800. The van der Waals surface area contributed by atoms with Crippen LogP contribution in [0, 0.1) is 5.92 Å². The average molecular weight is 299 g/mol. The summed E-state index contributed by atoms with van der Waals surface area (Å²) in [4.78, 5) is 0. The molecule has 20 heavy (non-hydrogen) atoms. The zero-order chi connectivity index (χ0) is 14.5. The van der Waals surface area contributed by atoms with Gasteiger partial charge < -0.3 is 0 Å². The molecule has 1 aromatic rings. The molecule has 1 aliphatic rings. The quantitative estimate of drug-likeness (QED) is 0.653. The van der Waals surface area contributed by atoms with E-state index in [2.05, 4.69) is 24.4 Å². The summed E-state index contributed by atoms with van der Waals surface area (Å²) in [5, 5.41) is 5.14. The molecule has 4 nitrogen and oxygen atoms in total. The van der Waals surface area contributed by atoms with Gasteiger partial charge in [0.1, 0.15) is 0 Å². The van der Waals surface area contributed by atoms with E-state index in [1.54, 1.807) is 6.20 Å². The highest BCUT2D eigenvalue weighted by atomic mass is 35.5. The molecular formula is C15H27ClN4. The molecule has 114 valence electrons. The van der Waals surface area contributed by atoms with Gasteiger partial charge in [-0.25, -0.2) is 0 Å². The van der Waals surface area contributed by atoms with E-state index < -0.39 is 0 Å². The lowest BCUT2D eigenvalue weighted by Gasteiger charge is -2.29. The Morgan fingerprint density at radius 3 is 2.40 bits per heavy atom. The summed E-state index contributed by atoms with van der Waals surface area (Å²) in [6.45, 7) is 4.25. The summed E-state index contributed by atoms with van der Waals surface area (Å²) in [5.74, 6) is 6.42. The van der Waals surface area contributed by atoms with E-state index in [0.717, 1.165) is 10.7 Å². The first-order valence-electron chi connectivity index (χ1n) is 7.84. The van der Waals surface area contributed by atoms with E-state index in [0.29, 0.717) is 12.0 Å². The van der Waals surface area contributed by atoms with Gasteiger partial charge in [0.2, 0.25) is 0 Å². The molecule has 0 aromatic carbocycles. The summed E-state index contributed by atoms with van der Waals surface area (Å²) >= 11 is 6.38. The minimum atomic E-state index is 0.102. The van der Waals surface area contributed by atoms with Gasteiger partial charge in [-0.2, -0.15) is 5.10 Å². The summed E-state index contributed by atoms with van der Waals surface area (Å²) in [6.07, 6.45) is 10.8. The predicted molar refractivity (Wildman–Crippen MR) is 83.5 cm³/mol. The highest BCUT2D eigenvalue weighted by molar-refractivity contribution is 6.31. The normalized spacial score (nSPS) is 19.9. The fourth-order valence-corrected chi connectivity index (χ4v) is 3.56. The van der Waals surface area contributed by atoms with Crippen molar-refractivity contribution in [3.05, 3.63) is 16.9 Å². The molecule has 1 aliphatic carbocycles. The van der Waals surface area contributed by atoms with Crippen LogP contribution in [0.2, 0.25) is 5.02 Å². The third kappa shape index (κ3) is 3.54. The molecule has 1 heterocycles. The molecule has 1 aromatic heterocycles. The summed E-state index contributed by atoms with van der Waals surface area (Å²) in [5.41, 5.74) is 4.06. The summed E-state index contributed by atoms with van der Waals surface area (Å²) in [6, 6.07) is 0.396. The summed E-state index contributed by atoms with van der Waals surface area (Å²) < 4.78 is 2.01. The molecule has 0 spiro atoms. The van der Waals surface area contributed by atoms with E-state index in [9.17, 15) is 0 Å². The number of nitrogens with one attached hydrogen (secondary N) is 1. The van der Waals surface area contributed by atoms with Crippen LogP contribution in [-0.2, 0) is 0 Å². The maximum atomic E-state index is 6.38. The molecule has 0 saturated heterocycles. The molecule has 1 fully saturated rings. The molecule has 3 N–H and O–H groups in total. The maximum absolute atomic E-state index is 6.38. The lowest BCUT2D eigenvalue weighted by atomic mass is 9.84. The number of hydrazine groups is 1. The van der Waals surface area contributed by atoms with Crippen molar-refractivity contribution in [3.63, 3.8) is 0 Å². The minimum absolute atomic E-state index is 0.102. The monoisotopic (exact) mass is 298 g/mol. The lowest BCUT2D eigenvalue weighted by Crippen LogP contribution is -2.36. The van der Waals surface area contributed by atoms with E-state index in [1.165, 1.54) is 44.9 Å². The molecule has 1 unspecified atom stereocenters. The number of hydrogen-bond donors (Lipinski definition) is 2. The lowest BCUT2D eigenvalue weighted by molar-refractivity contribution is 0.275. The van der Waals surface area contributed by atoms with E-state index in [-0.39, 0.29) is 6.04 Å². The van der Waals surface area contributed by atoms with Crippen molar-refractivity contribution in [2.24, 2.45) is 11.8 Å². The van der Waals surface area contributed by atoms with Crippen LogP contribution in [0.4, 0.5) is 0 Å². The van der Waals surface area contributed by atoms with Crippen molar-refractivity contribution < 1.29 is 0 Å². The van der Waals surface area contributed by atoms with Gasteiger partial charge in [-0.1, -0.05) is 43.7 Å². The second kappa shape index (κ2) is 7.43. The number of hydrogen-bond acceptors (Lipinski definition) is 3. The summed E-state index contributed by atoms with van der Waals surface area (Å²) in [7, 11) is 0. The maximum Gasteiger partial charge on any atom is 0.0834 e. The zero-order valence-electron chi connectivity index (χ0n) is 12.6. The van der Waals surface area contributed by atoms with Gasteiger partial charge in [-0.05, 0) is 32.6 Å². The van der Waals surface area contributed by atoms with Crippen LogP contribution < -0.4 is 11.3 Å². The van der Waals surface area contributed by atoms with Crippen molar-refractivity contribution in [3.8, 4) is 0 Å².